The number of aliphatic imine (C=N–C) groups is 1. The molecule has 1 heterocycles. The van der Waals surface area contributed by atoms with Gasteiger partial charge in [-0.05, 0) is 20.9 Å². The summed E-state index contributed by atoms with van der Waals surface area (Å²) < 4.78 is 25.9. The van der Waals surface area contributed by atoms with Gasteiger partial charge in [0.05, 0.1) is 5.76 Å². The number of aliphatic hydroxyl groups is 1. The van der Waals surface area contributed by atoms with Crippen LogP contribution >= 0.6 is 0 Å². The second-order valence-corrected chi connectivity index (χ2v) is 4.56. The van der Waals surface area contributed by atoms with Crippen LogP contribution in [0, 0.1) is 17.7 Å². The Kier molecular flexibility index (Phi) is 8.75. The zero-order valence-corrected chi connectivity index (χ0v) is 14.9. The van der Waals surface area contributed by atoms with E-state index in [0.717, 1.165) is 18.7 Å². The zero-order chi connectivity index (χ0) is 16.0. The van der Waals surface area contributed by atoms with Gasteiger partial charge in [0.25, 0.3) is 0 Å². The monoisotopic (exact) mass is 488 g/mol. The van der Waals surface area contributed by atoms with Gasteiger partial charge in [-0.3, -0.25) is 13.6 Å². The van der Waals surface area contributed by atoms with Crippen LogP contribution in [0.4, 0.5) is 8.78 Å². The summed E-state index contributed by atoms with van der Waals surface area (Å²) >= 11 is 0. The van der Waals surface area contributed by atoms with E-state index in [-0.39, 0.29) is 37.2 Å². The Morgan fingerprint density at radius 2 is 2.09 bits per heavy atom. The maximum atomic E-state index is 13.3. The average Bonchev–Trinajstić information content (AvgIpc) is 2.74. The minimum absolute atomic E-state index is 0. The summed E-state index contributed by atoms with van der Waals surface area (Å²) in [6.45, 7) is 4.26. The first-order valence-electron chi connectivity index (χ1n) is 6.31. The predicted octanol–water partition coefficient (Wildman–Crippen LogP) is 2.49. The van der Waals surface area contributed by atoms with Crippen molar-refractivity contribution >= 4 is 11.6 Å². The Morgan fingerprint density at radius 3 is 2.45 bits per heavy atom. The van der Waals surface area contributed by atoms with Crippen molar-refractivity contribution in [3.63, 3.8) is 0 Å². The summed E-state index contributed by atoms with van der Waals surface area (Å²) in [6, 6.07) is 4.52. The summed E-state index contributed by atoms with van der Waals surface area (Å²) in [7, 11) is 1.82. The normalized spacial score (nSPS) is 13.8. The molecule has 1 aromatic carbocycles. The molecule has 0 unspecified atom stereocenters. The molecular weight excluding hydrogens is 470 g/mol. The number of rotatable bonds is 2. The first-order valence-corrected chi connectivity index (χ1v) is 6.31. The number of hydrogen-bond donors (Lipinski definition) is 1. The second-order valence-electron chi connectivity index (χ2n) is 4.56. The van der Waals surface area contributed by atoms with Crippen LogP contribution in [0.5, 0.6) is 0 Å². The molecule has 1 radical (unpaired) electrons. The van der Waals surface area contributed by atoms with E-state index >= 15 is 0 Å². The van der Waals surface area contributed by atoms with Crippen molar-refractivity contribution in [2.45, 2.75) is 13.8 Å². The maximum Gasteiger partial charge on any atom is 0.155 e. The van der Waals surface area contributed by atoms with Crippen LogP contribution in [0.3, 0.4) is 0 Å². The molecule has 0 bridgehead atoms. The molecular formula is C15H17F2IrN2O2-. The second kappa shape index (κ2) is 9.43. The van der Waals surface area contributed by atoms with E-state index in [4.69, 9.17) is 5.11 Å². The van der Waals surface area contributed by atoms with Crippen LogP contribution in [0.25, 0.3) is 0 Å². The quantitative estimate of drug-likeness (QED) is 0.396. The van der Waals surface area contributed by atoms with Gasteiger partial charge < -0.3 is 15.0 Å². The van der Waals surface area contributed by atoms with E-state index in [2.05, 4.69) is 11.1 Å². The SMILES string of the molecule is CC(=O)/C=C(/C)O.CN1CCN=C1c1[c-]cc(F)cc1F.[Ir]. The summed E-state index contributed by atoms with van der Waals surface area (Å²) in [5.41, 5.74) is 0.242. The van der Waals surface area contributed by atoms with E-state index in [0.29, 0.717) is 12.4 Å². The number of carbonyl (C=O) groups excluding carboxylic acids is 1. The molecule has 1 aliphatic rings. The first-order chi connectivity index (χ1) is 9.81. The third kappa shape index (κ3) is 6.45. The van der Waals surface area contributed by atoms with Gasteiger partial charge in [0.15, 0.2) is 5.78 Å². The van der Waals surface area contributed by atoms with Crippen molar-refractivity contribution in [2.75, 3.05) is 20.1 Å². The number of benzene rings is 1. The molecule has 123 valence electrons. The summed E-state index contributed by atoms with van der Waals surface area (Å²) in [5.74, 6) is -0.750. The third-order valence-electron chi connectivity index (χ3n) is 2.55. The molecule has 1 N–H and O–H groups in total. The van der Waals surface area contributed by atoms with Gasteiger partial charge in [-0.1, -0.05) is 11.6 Å². The number of aliphatic hydroxyl groups excluding tert-OH is 1. The fraction of sp³-hybridized carbons (Fsp3) is 0.333. The number of amidine groups is 1. The molecule has 0 aliphatic carbocycles. The van der Waals surface area contributed by atoms with Crippen molar-refractivity contribution in [2.24, 2.45) is 4.99 Å². The van der Waals surface area contributed by atoms with E-state index in [9.17, 15) is 13.6 Å². The fourth-order valence-electron chi connectivity index (χ4n) is 1.71. The number of nitrogens with zero attached hydrogens (tertiary/aromatic N) is 2. The minimum atomic E-state index is -0.618. The van der Waals surface area contributed by atoms with Gasteiger partial charge in [0.2, 0.25) is 0 Å². The summed E-state index contributed by atoms with van der Waals surface area (Å²) in [4.78, 5) is 16.0. The van der Waals surface area contributed by atoms with E-state index in [1.54, 1.807) is 0 Å². The van der Waals surface area contributed by atoms with Crippen molar-refractivity contribution in [3.05, 3.63) is 47.2 Å². The summed E-state index contributed by atoms with van der Waals surface area (Å²) in [5, 5.41) is 8.36. The molecule has 1 aliphatic heterocycles. The van der Waals surface area contributed by atoms with Gasteiger partial charge in [0.1, 0.15) is 0 Å². The Bertz CT molecular complexity index is 585. The topological polar surface area (TPSA) is 52.9 Å². The molecule has 0 fully saturated rings. The molecule has 2 rings (SSSR count). The molecule has 0 aromatic heterocycles. The zero-order valence-electron chi connectivity index (χ0n) is 12.5. The van der Waals surface area contributed by atoms with Crippen molar-refractivity contribution in [3.8, 4) is 0 Å². The van der Waals surface area contributed by atoms with Crippen molar-refractivity contribution in [1.82, 2.24) is 4.90 Å². The molecule has 22 heavy (non-hydrogen) atoms. The van der Waals surface area contributed by atoms with Gasteiger partial charge in [-0.2, -0.15) is 0 Å². The van der Waals surface area contributed by atoms with Crippen LogP contribution in [-0.2, 0) is 24.9 Å². The van der Waals surface area contributed by atoms with Gasteiger partial charge in [-0.25, -0.2) is 0 Å². The smallest absolute Gasteiger partial charge is 0.155 e. The molecule has 4 nitrogen and oxygen atoms in total. The Hall–Kier alpha value is -1.59. The summed E-state index contributed by atoms with van der Waals surface area (Å²) in [6.07, 6.45) is 1.17. The molecule has 0 spiro atoms. The molecule has 7 heteroatoms. The molecule has 0 atom stereocenters. The van der Waals surface area contributed by atoms with E-state index in [1.165, 1.54) is 19.9 Å². The molecule has 1 aromatic rings. The average molecular weight is 488 g/mol. The largest absolute Gasteiger partial charge is 0.512 e. The third-order valence-corrected chi connectivity index (χ3v) is 2.55. The van der Waals surface area contributed by atoms with Crippen LogP contribution in [-0.4, -0.2) is 41.8 Å². The fourth-order valence-corrected chi connectivity index (χ4v) is 1.71. The van der Waals surface area contributed by atoms with E-state index < -0.39 is 11.6 Å². The Morgan fingerprint density at radius 1 is 1.45 bits per heavy atom. The predicted molar refractivity (Wildman–Crippen MR) is 76.3 cm³/mol. The van der Waals surface area contributed by atoms with Crippen LogP contribution in [0.2, 0.25) is 0 Å². The molecule has 0 saturated heterocycles. The van der Waals surface area contributed by atoms with Crippen molar-refractivity contribution in [1.29, 1.82) is 0 Å². The minimum Gasteiger partial charge on any atom is -0.512 e. The van der Waals surface area contributed by atoms with Gasteiger partial charge in [0, 0.05) is 56.7 Å². The Balaban J connectivity index is 0.000000478. The van der Waals surface area contributed by atoms with Gasteiger partial charge >= 0.3 is 0 Å². The van der Waals surface area contributed by atoms with E-state index in [1.807, 2.05) is 11.9 Å². The number of hydrogen-bond acceptors (Lipinski definition) is 4. The number of halogens is 2. The molecule has 0 amide bonds. The van der Waals surface area contributed by atoms with Gasteiger partial charge in [-0.15, -0.1) is 12.1 Å². The molecule has 0 saturated carbocycles. The van der Waals surface area contributed by atoms with Crippen molar-refractivity contribution < 1.29 is 38.8 Å². The maximum absolute atomic E-state index is 13.3. The Labute approximate surface area is 141 Å². The number of carbonyl (C=O) groups is 1. The number of ketones is 1. The number of allylic oxidation sites excluding steroid dienone is 2. The number of likely N-dealkylation sites (N-methyl/N-ethyl adjacent to an activating group) is 1. The standard InChI is InChI=1S/C10H9F2N2.C5H8O2.Ir/c1-14-5-4-13-10(14)8-3-2-7(11)6-9(8)12;1-4(6)3-5(2)7;/h2,6H,4-5H2,1H3;3,6H,1-2H3;/q-1;;/b;4-3-;. The first kappa shape index (κ1) is 20.4. The van der Waals surface area contributed by atoms with Crippen LogP contribution < -0.4 is 0 Å². The van der Waals surface area contributed by atoms with Crippen LogP contribution in [0.1, 0.15) is 19.4 Å². The van der Waals surface area contributed by atoms with Crippen LogP contribution in [0.15, 0.2) is 29.0 Å².